The molecule has 1 atom stereocenters. The van der Waals surface area contributed by atoms with Crippen LogP contribution >= 0.6 is 0 Å². The number of allylic oxidation sites excluding steroid dienone is 6. The van der Waals surface area contributed by atoms with Gasteiger partial charge in [-0.3, -0.25) is 14.4 Å². The predicted octanol–water partition coefficient (Wildman–Crippen LogP) is 17.3. The molecule has 0 aromatic rings. The topological polar surface area (TPSA) is 78.9 Å². The van der Waals surface area contributed by atoms with E-state index in [0.717, 1.165) is 57.8 Å². The molecule has 61 heavy (non-hydrogen) atoms. The standard InChI is InChI=1S/C55H100O6/c1-4-7-10-13-16-19-22-25-26-27-28-29-31-33-36-39-42-45-48-54(57)60-51-52(50-59-53(56)47-44-41-38-35-32-24-21-18-15-12-9-6-3)61-55(58)49-46-43-40-37-34-30-23-20-17-14-11-8-5-2/h18,21,30,34,40,43,52H,4-17,19-20,22-29,31-33,35-39,41-42,44-51H2,1-3H3/b21-18-,34-30-,43-40-. The summed E-state index contributed by atoms with van der Waals surface area (Å²) >= 11 is 0. The number of unbranched alkanes of at least 4 members (excludes halogenated alkanes) is 31. The van der Waals surface area contributed by atoms with Crippen molar-refractivity contribution < 1.29 is 28.6 Å². The minimum atomic E-state index is -0.801. The summed E-state index contributed by atoms with van der Waals surface area (Å²) in [5, 5.41) is 0. The van der Waals surface area contributed by atoms with Crippen molar-refractivity contribution in [2.75, 3.05) is 13.2 Å². The first-order chi connectivity index (χ1) is 30.0. The second-order valence-electron chi connectivity index (χ2n) is 17.8. The van der Waals surface area contributed by atoms with Crippen LogP contribution in [0.5, 0.6) is 0 Å². The summed E-state index contributed by atoms with van der Waals surface area (Å²) in [6, 6.07) is 0. The van der Waals surface area contributed by atoms with Crippen molar-refractivity contribution in [2.45, 2.75) is 284 Å². The Morgan fingerprint density at radius 2 is 0.623 bits per heavy atom. The number of rotatable bonds is 48. The summed E-state index contributed by atoms with van der Waals surface area (Å²) in [4.78, 5) is 37.9. The van der Waals surface area contributed by atoms with Crippen LogP contribution in [0.15, 0.2) is 36.5 Å². The molecule has 0 aliphatic rings. The van der Waals surface area contributed by atoms with E-state index >= 15 is 0 Å². The molecule has 1 unspecified atom stereocenters. The monoisotopic (exact) mass is 857 g/mol. The first-order valence-corrected chi connectivity index (χ1v) is 26.5. The Hall–Kier alpha value is -2.37. The van der Waals surface area contributed by atoms with Gasteiger partial charge in [-0.25, -0.2) is 0 Å². The second-order valence-corrected chi connectivity index (χ2v) is 17.8. The molecule has 0 saturated carbocycles. The molecule has 0 aliphatic carbocycles. The maximum absolute atomic E-state index is 12.7. The van der Waals surface area contributed by atoms with Crippen molar-refractivity contribution in [1.29, 1.82) is 0 Å². The second kappa shape index (κ2) is 50.3. The Kier molecular flexibility index (Phi) is 48.3. The van der Waals surface area contributed by atoms with E-state index in [9.17, 15) is 14.4 Å². The van der Waals surface area contributed by atoms with Crippen LogP contribution in [0.3, 0.4) is 0 Å². The highest BCUT2D eigenvalue weighted by Gasteiger charge is 2.19. The average molecular weight is 857 g/mol. The van der Waals surface area contributed by atoms with Gasteiger partial charge in [0.15, 0.2) is 6.10 Å². The lowest BCUT2D eigenvalue weighted by atomic mass is 10.0. The van der Waals surface area contributed by atoms with Gasteiger partial charge < -0.3 is 14.2 Å². The number of esters is 3. The molecule has 0 radical (unpaired) electrons. The lowest BCUT2D eigenvalue weighted by molar-refractivity contribution is -0.166. The molecule has 0 amide bonds. The third kappa shape index (κ3) is 48.5. The van der Waals surface area contributed by atoms with Gasteiger partial charge in [0.1, 0.15) is 13.2 Å². The van der Waals surface area contributed by atoms with Crippen LogP contribution in [-0.2, 0) is 28.6 Å². The number of hydrogen-bond donors (Lipinski definition) is 0. The van der Waals surface area contributed by atoms with Gasteiger partial charge in [-0.15, -0.1) is 0 Å². The van der Waals surface area contributed by atoms with Crippen molar-refractivity contribution in [1.82, 2.24) is 0 Å². The van der Waals surface area contributed by atoms with Gasteiger partial charge in [0.2, 0.25) is 0 Å². The fourth-order valence-corrected chi connectivity index (χ4v) is 7.61. The molecule has 356 valence electrons. The lowest BCUT2D eigenvalue weighted by Gasteiger charge is -2.18. The van der Waals surface area contributed by atoms with E-state index < -0.39 is 6.10 Å². The molecule has 0 bridgehead atoms. The van der Waals surface area contributed by atoms with Crippen LogP contribution < -0.4 is 0 Å². The van der Waals surface area contributed by atoms with Gasteiger partial charge in [-0.2, -0.15) is 0 Å². The zero-order chi connectivity index (χ0) is 44.4. The molecule has 0 saturated heterocycles. The molecule has 0 aromatic heterocycles. The molecular formula is C55H100O6. The molecule has 0 heterocycles. The van der Waals surface area contributed by atoms with E-state index in [2.05, 4.69) is 51.2 Å². The molecular weight excluding hydrogens is 757 g/mol. The van der Waals surface area contributed by atoms with Crippen molar-refractivity contribution in [3.63, 3.8) is 0 Å². The lowest BCUT2D eigenvalue weighted by Crippen LogP contribution is -2.30. The molecule has 0 fully saturated rings. The van der Waals surface area contributed by atoms with Gasteiger partial charge in [-0.05, 0) is 64.2 Å². The predicted molar refractivity (Wildman–Crippen MR) is 261 cm³/mol. The van der Waals surface area contributed by atoms with Gasteiger partial charge >= 0.3 is 17.9 Å². The third-order valence-corrected chi connectivity index (χ3v) is 11.6. The molecule has 0 spiro atoms. The highest BCUT2D eigenvalue weighted by molar-refractivity contribution is 5.71. The van der Waals surface area contributed by atoms with Gasteiger partial charge in [0.25, 0.3) is 0 Å². The Balaban J connectivity index is 4.36. The summed E-state index contributed by atoms with van der Waals surface area (Å²) in [6.07, 6.45) is 58.6. The number of hydrogen-bond acceptors (Lipinski definition) is 6. The molecule has 0 aliphatic heterocycles. The fourth-order valence-electron chi connectivity index (χ4n) is 7.61. The largest absolute Gasteiger partial charge is 0.462 e. The quantitative estimate of drug-likeness (QED) is 0.0262. The van der Waals surface area contributed by atoms with Crippen LogP contribution in [0.2, 0.25) is 0 Å². The normalized spacial score (nSPS) is 12.2. The van der Waals surface area contributed by atoms with Crippen molar-refractivity contribution in [3.8, 4) is 0 Å². The Morgan fingerprint density at radius 1 is 0.328 bits per heavy atom. The van der Waals surface area contributed by atoms with E-state index in [1.54, 1.807) is 0 Å². The van der Waals surface area contributed by atoms with Crippen LogP contribution in [0.4, 0.5) is 0 Å². The Morgan fingerprint density at radius 3 is 1.02 bits per heavy atom. The first kappa shape index (κ1) is 58.6. The summed E-state index contributed by atoms with van der Waals surface area (Å²) in [5.41, 5.74) is 0. The van der Waals surface area contributed by atoms with Gasteiger partial charge in [0.05, 0.1) is 0 Å². The van der Waals surface area contributed by atoms with Crippen molar-refractivity contribution in [3.05, 3.63) is 36.5 Å². The van der Waals surface area contributed by atoms with E-state index in [0.29, 0.717) is 19.3 Å². The molecule has 6 heteroatoms. The van der Waals surface area contributed by atoms with Crippen LogP contribution in [0.25, 0.3) is 0 Å². The van der Waals surface area contributed by atoms with E-state index in [4.69, 9.17) is 14.2 Å². The minimum Gasteiger partial charge on any atom is -0.462 e. The SMILES string of the molecule is CCCCC/C=C\CCCCCCCC(=O)OCC(COC(=O)CCCCCCCCCCCCCCCCCCCC)OC(=O)CC/C=C\C/C=C\CCCCCCCC. The van der Waals surface area contributed by atoms with E-state index in [1.807, 2.05) is 6.08 Å². The number of ether oxygens (including phenoxy) is 3. The fraction of sp³-hybridized carbons (Fsp3) is 0.836. The number of carbonyl (C=O) groups excluding carboxylic acids is 3. The summed E-state index contributed by atoms with van der Waals surface area (Å²) in [5.74, 6) is -0.961. The molecule has 0 N–H and O–H groups in total. The highest BCUT2D eigenvalue weighted by atomic mass is 16.6. The Labute approximate surface area is 378 Å². The van der Waals surface area contributed by atoms with Gasteiger partial charge in [0, 0.05) is 19.3 Å². The number of carbonyl (C=O) groups is 3. The Bertz CT molecular complexity index is 1030. The zero-order valence-corrected chi connectivity index (χ0v) is 40.7. The summed E-state index contributed by atoms with van der Waals surface area (Å²) < 4.78 is 16.7. The zero-order valence-electron chi connectivity index (χ0n) is 40.7. The van der Waals surface area contributed by atoms with Crippen molar-refractivity contribution >= 4 is 17.9 Å². The average Bonchev–Trinajstić information content (AvgIpc) is 3.26. The first-order valence-electron chi connectivity index (χ1n) is 26.5. The van der Waals surface area contributed by atoms with Crippen LogP contribution in [-0.4, -0.2) is 37.2 Å². The molecule has 0 aromatic carbocycles. The minimum absolute atomic E-state index is 0.0941. The summed E-state index contributed by atoms with van der Waals surface area (Å²) in [6.45, 7) is 6.57. The molecule has 0 rings (SSSR count). The third-order valence-electron chi connectivity index (χ3n) is 11.6. The maximum Gasteiger partial charge on any atom is 0.306 e. The smallest absolute Gasteiger partial charge is 0.306 e. The van der Waals surface area contributed by atoms with Crippen LogP contribution in [0.1, 0.15) is 278 Å². The van der Waals surface area contributed by atoms with Crippen molar-refractivity contribution in [2.24, 2.45) is 0 Å². The highest BCUT2D eigenvalue weighted by Crippen LogP contribution is 2.16. The van der Waals surface area contributed by atoms with E-state index in [-0.39, 0.29) is 37.5 Å². The van der Waals surface area contributed by atoms with Gasteiger partial charge in [-0.1, -0.05) is 231 Å². The molecule has 6 nitrogen and oxygen atoms in total. The van der Waals surface area contributed by atoms with E-state index in [1.165, 1.54) is 173 Å². The van der Waals surface area contributed by atoms with Crippen LogP contribution in [0, 0.1) is 0 Å². The summed E-state index contributed by atoms with van der Waals surface area (Å²) in [7, 11) is 0. The maximum atomic E-state index is 12.7.